The number of hydrogen-bond acceptors (Lipinski definition) is 2. The van der Waals surface area contributed by atoms with E-state index in [-0.39, 0.29) is 17.9 Å². The minimum atomic E-state index is -0.347. The number of hydrogen-bond donors (Lipinski definition) is 0. The van der Waals surface area contributed by atoms with Crippen molar-refractivity contribution in [2.24, 2.45) is 0 Å². The van der Waals surface area contributed by atoms with Crippen LogP contribution in [-0.4, -0.2) is 40.7 Å². The molecule has 4 nitrogen and oxygen atoms in total. The zero-order chi connectivity index (χ0) is 13.1. The predicted octanol–water partition coefficient (Wildman–Crippen LogP) is 1.27. The van der Waals surface area contributed by atoms with Crippen LogP contribution in [-0.2, 0) is 16.1 Å². The number of rotatable bonds is 2. The molecule has 1 aromatic rings. The molecule has 0 bridgehead atoms. The summed E-state index contributed by atoms with van der Waals surface area (Å²) < 4.78 is 0. The first kappa shape index (κ1) is 12.6. The number of nitrogens with zero attached hydrogens (tertiary/aromatic N) is 2. The second kappa shape index (κ2) is 5.21. The summed E-state index contributed by atoms with van der Waals surface area (Å²) in [6.45, 7) is 5.15. The lowest BCUT2D eigenvalue weighted by molar-refractivity contribution is -0.150. The Hall–Kier alpha value is -1.84. The summed E-state index contributed by atoms with van der Waals surface area (Å²) in [5.41, 5.74) is 1.12. The molecule has 0 radical (unpaired) electrons. The summed E-state index contributed by atoms with van der Waals surface area (Å²) in [6, 6.07) is 9.57. The van der Waals surface area contributed by atoms with Gasteiger partial charge in [-0.2, -0.15) is 0 Å². The summed E-state index contributed by atoms with van der Waals surface area (Å²) in [4.78, 5) is 27.0. The molecule has 0 spiro atoms. The summed E-state index contributed by atoms with van der Waals surface area (Å²) in [5.74, 6) is -0.00415. The number of carbonyl (C=O) groups is 2. The number of amides is 2. The highest BCUT2D eigenvalue weighted by Gasteiger charge is 2.32. The van der Waals surface area contributed by atoms with Gasteiger partial charge in [-0.05, 0) is 12.5 Å². The highest BCUT2D eigenvalue weighted by Crippen LogP contribution is 2.14. The van der Waals surface area contributed by atoms with Gasteiger partial charge in [0.05, 0.1) is 0 Å². The molecule has 96 valence electrons. The highest BCUT2D eigenvalue weighted by molar-refractivity contribution is 5.87. The number of piperazine rings is 1. The SMILES string of the molecule is CC(=O)N1CCN(Cc2ccccc2)C(=O)[C@@H]1C. The Balaban J connectivity index is 2.05. The molecule has 0 saturated carbocycles. The molecule has 0 aromatic heterocycles. The fraction of sp³-hybridized carbons (Fsp3) is 0.429. The lowest BCUT2D eigenvalue weighted by Crippen LogP contribution is -2.56. The maximum atomic E-state index is 12.2. The molecular weight excluding hydrogens is 228 g/mol. The molecule has 1 aromatic carbocycles. The van der Waals surface area contributed by atoms with E-state index in [1.807, 2.05) is 35.2 Å². The van der Waals surface area contributed by atoms with Crippen molar-refractivity contribution in [3.63, 3.8) is 0 Å². The molecule has 18 heavy (non-hydrogen) atoms. The van der Waals surface area contributed by atoms with Crippen molar-refractivity contribution in [3.8, 4) is 0 Å². The maximum absolute atomic E-state index is 12.2. The van der Waals surface area contributed by atoms with E-state index in [2.05, 4.69) is 0 Å². The van der Waals surface area contributed by atoms with Gasteiger partial charge in [0.2, 0.25) is 11.8 Å². The average molecular weight is 246 g/mol. The predicted molar refractivity (Wildman–Crippen MR) is 68.7 cm³/mol. The van der Waals surface area contributed by atoms with Gasteiger partial charge in [0.15, 0.2) is 0 Å². The van der Waals surface area contributed by atoms with Gasteiger partial charge in [-0.15, -0.1) is 0 Å². The zero-order valence-electron chi connectivity index (χ0n) is 10.8. The first-order valence-electron chi connectivity index (χ1n) is 6.19. The molecule has 1 aliphatic heterocycles. The third-order valence-corrected chi connectivity index (χ3v) is 3.37. The van der Waals surface area contributed by atoms with Gasteiger partial charge in [-0.1, -0.05) is 30.3 Å². The van der Waals surface area contributed by atoms with Gasteiger partial charge in [0.25, 0.3) is 0 Å². The van der Waals surface area contributed by atoms with Gasteiger partial charge in [-0.3, -0.25) is 9.59 Å². The van der Waals surface area contributed by atoms with Gasteiger partial charge < -0.3 is 9.80 Å². The normalized spacial score (nSPS) is 20.1. The lowest BCUT2D eigenvalue weighted by atomic mass is 10.1. The van der Waals surface area contributed by atoms with E-state index in [4.69, 9.17) is 0 Å². The minimum Gasteiger partial charge on any atom is -0.335 e. The van der Waals surface area contributed by atoms with Crippen LogP contribution >= 0.6 is 0 Å². The fourth-order valence-electron chi connectivity index (χ4n) is 2.32. The van der Waals surface area contributed by atoms with E-state index in [1.54, 1.807) is 11.8 Å². The Bertz CT molecular complexity index is 444. The Morgan fingerprint density at radius 1 is 1.28 bits per heavy atom. The maximum Gasteiger partial charge on any atom is 0.245 e. The summed E-state index contributed by atoms with van der Waals surface area (Å²) in [7, 11) is 0. The smallest absolute Gasteiger partial charge is 0.245 e. The largest absolute Gasteiger partial charge is 0.335 e. The van der Waals surface area contributed by atoms with Crippen molar-refractivity contribution in [1.82, 2.24) is 9.80 Å². The Kier molecular flexibility index (Phi) is 3.65. The van der Waals surface area contributed by atoms with Crippen LogP contribution in [0.3, 0.4) is 0 Å². The fourth-order valence-corrected chi connectivity index (χ4v) is 2.32. The van der Waals surface area contributed by atoms with Crippen molar-refractivity contribution in [3.05, 3.63) is 35.9 Å². The summed E-state index contributed by atoms with van der Waals surface area (Å²) in [6.07, 6.45) is 0. The molecular formula is C14H18N2O2. The van der Waals surface area contributed by atoms with Gasteiger partial charge in [-0.25, -0.2) is 0 Å². The highest BCUT2D eigenvalue weighted by atomic mass is 16.2. The number of benzene rings is 1. The second-order valence-corrected chi connectivity index (χ2v) is 4.63. The van der Waals surface area contributed by atoms with Crippen LogP contribution in [0.1, 0.15) is 19.4 Å². The average Bonchev–Trinajstić information content (AvgIpc) is 2.36. The van der Waals surface area contributed by atoms with Crippen molar-refractivity contribution in [2.45, 2.75) is 26.4 Å². The molecule has 1 atom stereocenters. The molecule has 0 aliphatic carbocycles. The second-order valence-electron chi connectivity index (χ2n) is 4.63. The van der Waals surface area contributed by atoms with Gasteiger partial charge >= 0.3 is 0 Å². The van der Waals surface area contributed by atoms with E-state index in [9.17, 15) is 9.59 Å². The minimum absolute atomic E-state index is 0.0281. The van der Waals surface area contributed by atoms with Crippen molar-refractivity contribution < 1.29 is 9.59 Å². The lowest BCUT2D eigenvalue weighted by Gasteiger charge is -2.38. The van der Waals surface area contributed by atoms with Crippen LogP contribution in [0.2, 0.25) is 0 Å². The van der Waals surface area contributed by atoms with Crippen molar-refractivity contribution >= 4 is 11.8 Å². The molecule has 4 heteroatoms. The standard InChI is InChI=1S/C14H18N2O2/c1-11-14(18)15(8-9-16(11)12(2)17)10-13-6-4-3-5-7-13/h3-7,11H,8-10H2,1-2H3/t11-/m0/s1. The molecule has 0 N–H and O–H groups in total. The third kappa shape index (κ3) is 2.53. The zero-order valence-corrected chi connectivity index (χ0v) is 10.8. The molecule has 0 unspecified atom stereocenters. The number of carbonyl (C=O) groups excluding carboxylic acids is 2. The Morgan fingerprint density at radius 2 is 1.94 bits per heavy atom. The first-order chi connectivity index (χ1) is 8.59. The van der Waals surface area contributed by atoms with E-state index in [0.717, 1.165) is 5.56 Å². The summed E-state index contributed by atoms with van der Waals surface area (Å²) >= 11 is 0. The van der Waals surface area contributed by atoms with E-state index in [0.29, 0.717) is 19.6 Å². The van der Waals surface area contributed by atoms with Crippen LogP contribution in [0.4, 0.5) is 0 Å². The van der Waals surface area contributed by atoms with Crippen LogP contribution < -0.4 is 0 Å². The van der Waals surface area contributed by atoms with Crippen molar-refractivity contribution in [2.75, 3.05) is 13.1 Å². The molecule has 1 fully saturated rings. The summed E-state index contributed by atoms with van der Waals surface area (Å²) in [5, 5.41) is 0. The molecule has 2 rings (SSSR count). The monoisotopic (exact) mass is 246 g/mol. The molecule has 1 saturated heterocycles. The molecule has 2 amide bonds. The topological polar surface area (TPSA) is 40.6 Å². The third-order valence-electron chi connectivity index (χ3n) is 3.37. The van der Waals surface area contributed by atoms with E-state index in [1.165, 1.54) is 6.92 Å². The quantitative estimate of drug-likeness (QED) is 0.788. The van der Waals surface area contributed by atoms with Crippen LogP contribution in [0.5, 0.6) is 0 Å². The van der Waals surface area contributed by atoms with Gasteiger partial charge in [0.1, 0.15) is 6.04 Å². The molecule has 1 heterocycles. The molecule has 1 aliphatic rings. The van der Waals surface area contributed by atoms with Crippen molar-refractivity contribution in [1.29, 1.82) is 0 Å². The van der Waals surface area contributed by atoms with Crippen LogP contribution in [0.15, 0.2) is 30.3 Å². The van der Waals surface area contributed by atoms with E-state index < -0.39 is 0 Å². The Morgan fingerprint density at radius 3 is 2.56 bits per heavy atom. The Labute approximate surface area is 107 Å². The van der Waals surface area contributed by atoms with E-state index >= 15 is 0 Å². The van der Waals surface area contributed by atoms with Crippen LogP contribution in [0.25, 0.3) is 0 Å². The van der Waals surface area contributed by atoms with Gasteiger partial charge in [0, 0.05) is 26.6 Å². The van der Waals surface area contributed by atoms with Crippen LogP contribution in [0, 0.1) is 0 Å². The first-order valence-corrected chi connectivity index (χ1v) is 6.19.